The van der Waals surface area contributed by atoms with Crippen molar-refractivity contribution >= 4 is 77.9 Å². The smallest absolute Gasteiger partial charge is 0.143 e. The van der Waals surface area contributed by atoms with Crippen molar-refractivity contribution in [2.75, 3.05) is 15.1 Å². The normalized spacial score (nSPS) is 13.9. The van der Waals surface area contributed by atoms with E-state index in [4.69, 9.17) is 9.40 Å². The number of rotatable bonds is 6. The summed E-state index contributed by atoms with van der Waals surface area (Å²) in [5.41, 5.74) is 27.5. The molecule has 0 saturated heterocycles. The largest absolute Gasteiger partial charge is 0.455 e. The molecule has 0 amide bonds. The van der Waals surface area contributed by atoms with Gasteiger partial charge in [-0.1, -0.05) is 152 Å². The maximum absolute atomic E-state index is 6.82. The van der Waals surface area contributed by atoms with Crippen molar-refractivity contribution in [3.8, 4) is 61.3 Å². The van der Waals surface area contributed by atoms with E-state index >= 15 is 0 Å². The van der Waals surface area contributed by atoms with Gasteiger partial charge in [-0.3, -0.25) is 4.98 Å². The molecule has 0 aliphatic carbocycles. The second-order valence-corrected chi connectivity index (χ2v) is 21.1. The molecule has 370 valence electrons. The standard InChI is InChI=1S/C73H47N5O/c1-3-15-51(16-4-1)76-44-50-14-7-8-19-54(50)59-38-46(28-34-65(59)76)49-31-37-70-61(40-49)58-23-13-22-55(73(58)79-70)45-26-32-53(33-27-45)78-68-36-30-48(41-62(68)72-71-63(42-74-43-69(71)78)56-20-9-11-24-64(56)75-72)47-29-35-67-60(39-47)57-21-10-12-25-66(57)77(67)52-17-5-2-6-18-52/h1-43,72,75H,44H2. The Labute approximate surface area is 456 Å². The average molecular weight is 1010 g/mol. The summed E-state index contributed by atoms with van der Waals surface area (Å²) in [6, 6.07) is 90.5. The summed E-state index contributed by atoms with van der Waals surface area (Å²) in [4.78, 5) is 9.76. The van der Waals surface area contributed by atoms with Gasteiger partial charge in [0.1, 0.15) is 11.2 Å². The Morgan fingerprint density at radius 1 is 0.405 bits per heavy atom. The summed E-state index contributed by atoms with van der Waals surface area (Å²) in [5, 5.41) is 8.67. The molecule has 0 saturated carbocycles. The van der Waals surface area contributed by atoms with Crippen molar-refractivity contribution in [3.05, 3.63) is 278 Å². The quantitative estimate of drug-likeness (QED) is 0.180. The molecule has 1 atom stereocenters. The molecular formula is C73H47N5O. The number of hydrogen-bond donors (Lipinski definition) is 1. The molecule has 79 heavy (non-hydrogen) atoms. The number of hydrogen-bond acceptors (Lipinski definition) is 5. The molecule has 6 heterocycles. The van der Waals surface area contributed by atoms with Crippen LogP contribution in [0.15, 0.2) is 266 Å². The Balaban J connectivity index is 0.751. The summed E-state index contributed by atoms with van der Waals surface area (Å²) in [5.74, 6) is 0. The summed E-state index contributed by atoms with van der Waals surface area (Å²) >= 11 is 0. The molecule has 3 aliphatic heterocycles. The van der Waals surface area contributed by atoms with E-state index in [1.165, 1.54) is 77.7 Å². The predicted molar refractivity (Wildman–Crippen MR) is 325 cm³/mol. The van der Waals surface area contributed by atoms with Gasteiger partial charge < -0.3 is 24.1 Å². The van der Waals surface area contributed by atoms with Crippen LogP contribution in [0, 0.1) is 0 Å². The van der Waals surface area contributed by atoms with E-state index in [2.05, 4.69) is 268 Å². The number of benzene rings is 11. The van der Waals surface area contributed by atoms with Gasteiger partial charge in [0.05, 0.1) is 34.6 Å². The monoisotopic (exact) mass is 1010 g/mol. The van der Waals surface area contributed by atoms with E-state index in [9.17, 15) is 0 Å². The van der Waals surface area contributed by atoms with Gasteiger partial charge in [-0.2, -0.15) is 0 Å². The lowest BCUT2D eigenvalue weighted by atomic mass is 9.82. The number of pyridine rings is 1. The van der Waals surface area contributed by atoms with Gasteiger partial charge in [-0.05, 0) is 136 Å². The van der Waals surface area contributed by atoms with Gasteiger partial charge in [0.15, 0.2) is 0 Å². The Hall–Kier alpha value is -10.4. The highest BCUT2D eigenvalue weighted by atomic mass is 16.3. The number of aromatic nitrogens is 2. The molecule has 6 nitrogen and oxygen atoms in total. The molecule has 1 N–H and O–H groups in total. The number of nitrogens with one attached hydrogen (secondary N) is 1. The summed E-state index contributed by atoms with van der Waals surface area (Å²) in [6.45, 7) is 0.834. The van der Waals surface area contributed by atoms with Crippen LogP contribution >= 0.6 is 0 Å². The Morgan fingerprint density at radius 3 is 1.91 bits per heavy atom. The van der Waals surface area contributed by atoms with E-state index in [-0.39, 0.29) is 6.04 Å². The molecule has 3 aliphatic rings. The maximum atomic E-state index is 6.82. The molecule has 6 heteroatoms. The maximum Gasteiger partial charge on any atom is 0.143 e. The fourth-order valence-corrected chi connectivity index (χ4v) is 13.2. The van der Waals surface area contributed by atoms with Crippen molar-refractivity contribution in [2.24, 2.45) is 0 Å². The second-order valence-electron chi connectivity index (χ2n) is 21.1. The number of fused-ring (bicyclic) bond motifs is 13. The minimum Gasteiger partial charge on any atom is -0.455 e. The van der Waals surface area contributed by atoms with Crippen molar-refractivity contribution in [2.45, 2.75) is 12.6 Å². The van der Waals surface area contributed by atoms with Crippen LogP contribution in [0.4, 0.5) is 34.1 Å². The van der Waals surface area contributed by atoms with E-state index in [0.29, 0.717) is 0 Å². The Morgan fingerprint density at radius 2 is 1.05 bits per heavy atom. The van der Waals surface area contributed by atoms with Crippen LogP contribution in [-0.4, -0.2) is 9.55 Å². The first-order chi connectivity index (χ1) is 39.2. The second kappa shape index (κ2) is 17.0. The SMILES string of the molecule is c1ccc(N2Cc3ccccc3-c3cc(-c4ccc5oc6c(-c7ccc(N8c9ccc(-c%10ccc%11c(c%10)c%10ccccc%10n%11-c%10ccccc%10)cc9C9Nc%10ccccc%10-c%10cncc8c%109)cc7)cccc6c5c4)ccc32)cc1. The zero-order chi connectivity index (χ0) is 51.7. The van der Waals surface area contributed by atoms with Crippen molar-refractivity contribution in [1.29, 1.82) is 0 Å². The van der Waals surface area contributed by atoms with Crippen LogP contribution in [0.3, 0.4) is 0 Å². The third-order valence-electron chi connectivity index (χ3n) is 16.9. The molecule has 14 aromatic rings. The fourth-order valence-electron chi connectivity index (χ4n) is 13.2. The van der Waals surface area contributed by atoms with E-state index in [1.807, 2.05) is 12.4 Å². The first-order valence-corrected chi connectivity index (χ1v) is 27.1. The van der Waals surface area contributed by atoms with Crippen LogP contribution in [-0.2, 0) is 6.54 Å². The summed E-state index contributed by atoms with van der Waals surface area (Å²) < 4.78 is 9.20. The summed E-state index contributed by atoms with van der Waals surface area (Å²) in [6.07, 6.45) is 4.08. The Kier molecular flexibility index (Phi) is 9.44. The van der Waals surface area contributed by atoms with Crippen LogP contribution in [0.5, 0.6) is 0 Å². The van der Waals surface area contributed by atoms with Gasteiger partial charge in [-0.15, -0.1) is 0 Å². The molecule has 0 radical (unpaired) electrons. The lowest BCUT2D eigenvalue weighted by Crippen LogP contribution is -2.28. The van der Waals surface area contributed by atoms with Gasteiger partial charge in [0.25, 0.3) is 0 Å². The molecule has 0 fully saturated rings. The molecule has 3 aromatic heterocycles. The van der Waals surface area contributed by atoms with Gasteiger partial charge in [0.2, 0.25) is 0 Å². The van der Waals surface area contributed by atoms with Crippen molar-refractivity contribution < 1.29 is 4.42 Å². The highest BCUT2D eigenvalue weighted by Crippen LogP contribution is 2.56. The lowest BCUT2D eigenvalue weighted by Gasteiger charge is -2.41. The third-order valence-corrected chi connectivity index (χ3v) is 16.9. The molecule has 11 aromatic carbocycles. The lowest BCUT2D eigenvalue weighted by molar-refractivity contribution is 0.670. The minimum absolute atomic E-state index is 0.0859. The summed E-state index contributed by atoms with van der Waals surface area (Å²) in [7, 11) is 0. The van der Waals surface area contributed by atoms with E-state index < -0.39 is 0 Å². The molecule has 1 unspecified atom stereocenters. The number of anilines is 6. The zero-order valence-corrected chi connectivity index (χ0v) is 42.8. The predicted octanol–water partition coefficient (Wildman–Crippen LogP) is 19.4. The molecule has 0 bridgehead atoms. The third kappa shape index (κ3) is 6.68. The van der Waals surface area contributed by atoms with Gasteiger partial charge in [-0.25, -0.2) is 0 Å². The highest BCUT2D eigenvalue weighted by molar-refractivity contribution is 6.12. The molecule has 17 rings (SSSR count). The topological polar surface area (TPSA) is 49.5 Å². The fraction of sp³-hybridized carbons (Fsp3) is 0.0274. The van der Waals surface area contributed by atoms with E-state index in [1.54, 1.807) is 0 Å². The molecular weight excluding hydrogens is 963 g/mol. The van der Waals surface area contributed by atoms with Crippen LogP contribution in [0.1, 0.15) is 22.7 Å². The first kappa shape index (κ1) is 43.8. The van der Waals surface area contributed by atoms with Crippen molar-refractivity contribution in [3.63, 3.8) is 0 Å². The molecule has 0 spiro atoms. The highest BCUT2D eigenvalue weighted by Gasteiger charge is 2.37. The first-order valence-electron chi connectivity index (χ1n) is 27.1. The van der Waals surface area contributed by atoms with Crippen molar-refractivity contribution in [1.82, 2.24) is 9.55 Å². The minimum atomic E-state index is -0.0859. The number of nitrogens with zero attached hydrogens (tertiary/aromatic N) is 4. The van der Waals surface area contributed by atoms with Gasteiger partial charge >= 0.3 is 0 Å². The van der Waals surface area contributed by atoms with E-state index in [0.717, 1.165) is 84.7 Å². The van der Waals surface area contributed by atoms with Crippen LogP contribution in [0.25, 0.3) is 105 Å². The van der Waals surface area contributed by atoms with Crippen LogP contribution < -0.4 is 15.1 Å². The van der Waals surface area contributed by atoms with Gasteiger partial charge in [0, 0.05) is 96.1 Å². The average Bonchev–Trinajstić information content (AvgIpc) is 4.22. The van der Waals surface area contributed by atoms with Crippen LogP contribution in [0.2, 0.25) is 0 Å². The number of para-hydroxylation sites is 5. The zero-order valence-electron chi connectivity index (χ0n) is 42.8. The Bertz CT molecular complexity index is 4810. The number of furan rings is 1.